The maximum absolute atomic E-state index is 13.2. The molecule has 0 amide bonds. The summed E-state index contributed by atoms with van der Waals surface area (Å²) in [7, 11) is 2.89. The molecule has 10 heteroatoms. The zero-order chi connectivity index (χ0) is 19.3. The van der Waals surface area contributed by atoms with E-state index in [0.717, 1.165) is 6.07 Å². The van der Waals surface area contributed by atoms with Crippen molar-refractivity contribution in [3.8, 4) is 22.8 Å². The molecule has 0 N–H and O–H groups in total. The molecule has 0 aliphatic carbocycles. The summed E-state index contributed by atoms with van der Waals surface area (Å²) in [6, 6.07) is 5.55. The fraction of sp³-hybridized carbons (Fsp3) is 0.375. The summed E-state index contributed by atoms with van der Waals surface area (Å²) < 4.78 is 65.6. The predicted octanol–water partition coefficient (Wildman–Crippen LogP) is 3.03. The van der Waals surface area contributed by atoms with E-state index in [2.05, 4.69) is 9.97 Å². The monoisotopic (exact) mass is 390 g/mol. The van der Waals surface area contributed by atoms with Gasteiger partial charge < -0.3 is 9.47 Å². The second-order valence-electron chi connectivity index (χ2n) is 5.10. The molecule has 0 aliphatic heterocycles. The number of hydrogen-bond donors (Lipinski definition) is 0. The predicted molar refractivity (Wildman–Crippen MR) is 89.3 cm³/mol. The number of benzene rings is 1. The quantitative estimate of drug-likeness (QED) is 0.724. The highest BCUT2D eigenvalue weighted by molar-refractivity contribution is 7.79. The van der Waals surface area contributed by atoms with E-state index in [4.69, 9.17) is 13.7 Å². The van der Waals surface area contributed by atoms with E-state index in [1.165, 1.54) is 26.5 Å². The zero-order valence-electron chi connectivity index (χ0n) is 14.3. The van der Waals surface area contributed by atoms with Crippen LogP contribution in [0, 0.1) is 0 Å². The van der Waals surface area contributed by atoms with Crippen LogP contribution in [0.4, 0.5) is 13.2 Å². The topological polar surface area (TPSA) is 70.5 Å². The van der Waals surface area contributed by atoms with Crippen molar-refractivity contribution in [3.63, 3.8) is 0 Å². The lowest BCUT2D eigenvalue weighted by Crippen LogP contribution is -2.13. The number of hydrogen-bond acceptors (Lipinski definition) is 6. The van der Waals surface area contributed by atoms with Crippen molar-refractivity contribution in [3.05, 3.63) is 35.8 Å². The molecule has 2 rings (SSSR count). The lowest BCUT2D eigenvalue weighted by Gasteiger charge is -2.12. The minimum absolute atomic E-state index is 0.0101. The summed E-state index contributed by atoms with van der Waals surface area (Å²) in [6.07, 6.45) is -3.32. The molecule has 0 spiro atoms. The summed E-state index contributed by atoms with van der Waals surface area (Å²) >= 11 is -1.52. The lowest BCUT2D eigenvalue weighted by atomic mass is 10.1. The van der Waals surface area contributed by atoms with Crippen LogP contribution in [-0.4, -0.2) is 41.3 Å². The number of nitrogens with zero attached hydrogens (tertiary/aromatic N) is 2. The van der Waals surface area contributed by atoms with Gasteiger partial charge in [-0.15, -0.1) is 0 Å². The van der Waals surface area contributed by atoms with Gasteiger partial charge in [-0.25, -0.2) is 14.2 Å². The Morgan fingerprint density at radius 1 is 1.08 bits per heavy atom. The SMILES string of the molecule is COc1ccc(-c2cc(C(F)(F)F)nc(CCOS(C)=O)n2)cc1OC. The Kier molecular flexibility index (Phi) is 6.54. The molecule has 1 aromatic carbocycles. The largest absolute Gasteiger partial charge is 0.493 e. The molecule has 26 heavy (non-hydrogen) atoms. The van der Waals surface area contributed by atoms with Crippen LogP contribution in [-0.2, 0) is 27.9 Å². The normalized spacial score (nSPS) is 12.7. The van der Waals surface area contributed by atoms with Gasteiger partial charge in [0.1, 0.15) is 11.5 Å². The van der Waals surface area contributed by atoms with Gasteiger partial charge in [-0.1, -0.05) is 0 Å². The van der Waals surface area contributed by atoms with Crippen molar-refractivity contribution in [1.29, 1.82) is 0 Å². The highest BCUT2D eigenvalue weighted by Crippen LogP contribution is 2.34. The van der Waals surface area contributed by atoms with Crippen LogP contribution < -0.4 is 9.47 Å². The molecule has 0 aliphatic rings. The highest BCUT2D eigenvalue weighted by Gasteiger charge is 2.33. The maximum Gasteiger partial charge on any atom is 0.433 e. The standard InChI is InChI=1S/C16H17F3N2O4S/c1-23-12-5-4-10(8-13(12)24-2)11-9-14(16(17,18)19)21-15(20-11)6-7-25-26(3)22/h4-5,8-9H,6-7H2,1-3H3. The molecule has 2 aromatic rings. The molecule has 1 atom stereocenters. The Hall–Kier alpha value is -2.20. The van der Waals surface area contributed by atoms with Crippen LogP contribution in [0.2, 0.25) is 0 Å². The molecule has 0 saturated heterocycles. The molecule has 1 unspecified atom stereocenters. The summed E-state index contributed by atoms with van der Waals surface area (Å²) in [5.74, 6) is 0.749. The smallest absolute Gasteiger partial charge is 0.433 e. The molecule has 6 nitrogen and oxygen atoms in total. The minimum Gasteiger partial charge on any atom is -0.493 e. The maximum atomic E-state index is 13.2. The molecule has 1 aromatic heterocycles. The van der Waals surface area contributed by atoms with Crippen molar-refractivity contribution in [2.24, 2.45) is 0 Å². The van der Waals surface area contributed by atoms with Crippen molar-refractivity contribution in [2.45, 2.75) is 12.6 Å². The van der Waals surface area contributed by atoms with Crippen LogP contribution in [0.3, 0.4) is 0 Å². The fourth-order valence-corrected chi connectivity index (χ4v) is 2.47. The average molecular weight is 390 g/mol. The van der Waals surface area contributed by atoms with E-state index in [-0.39, 0.29) is 24.5 Å². The Labute approximate surface area is 151 Å². The summed E-state index contributed by atoms with van der Waals surface area (Å²) in [5.41, 5.74) is -0.567. The summed E-state index contributed by atoms with van der Waals surface area (Å²) in [5, 5.41) is 0. The number of aromatic nitrogens is 2. The van der Waals surface area contributed by atoms with Crippen LogP contribution in [0.25, 0.3) is 11.3 Å². The van der Waals surface area contributed by atoms with Gasteiger partial charge in [-0.05, 0) is 24.3 Å². The van der Waals surface area contributed by atoms with Gasteiger partial charge in [-0.3, -0.25) is 4.18 Å². The van der Waals surface area contributed by atoms with Gasteiger partial charge in [0.05, 0.1) is 26.5 Å². The van der Waals surface area contributed by atoms with Gasteiger partial charge in [0, 0.05) is 18.2 Å². The Balaban J connectivity index is 2.45. The second-order valence-corrected chi connectivity index (χ2v) is 6.13. The second kappa shape index (κ2) is 8.45. The number of alkyl halides is 3. The van der Waals surface area contributed by atoms with Crippen LogP contribution in [0.1, 0.15) is 11.5 Å². The van der Waals surface area contributed by atoms with Crippen molar-refractivity contribution in [2.75, 3.05) is 27.1 Å². The molecule has 0 fully saturated rings. The zero-order valence-corrected chi connectivity index (χ0v) is 15.1. The van der Waals surface area contributed by atoms with Gasteiger partial charge in [0.15, 0.2) is 22.6 Å². The highest BCUT2D eigenvalue weighted by atomic mass is 32.2. The average Bonchev–Trinajstić information content (AvgIpc) is 2.59. The number of halogens is 3. The van der Waals surface area contributed by atoms with E-state index < -0.39 is 23.0 Å². The molecule has 0 radical (unpaired) electrons. The number of ether oxygens (including phenoxy) is 2. The van der Waals surface area contributed by atoms with E-state index in [9.17, 15) is 17.4 Å². The van der Waals surface area contributed by atoms with Crippen molar-refractivity contribution < 1.29 is 31.0 Å². The van der Waals surface area contributed by atoms with E-state index in [0.29, 0.717) is 17.1 Å². The Morgan fingerprint density at radius 2 is 1.77 bits per heavy atom. The third-order valence-electron chi connectivity index (χ3n) is 3.32. The third-order valence-corrected chi connectivity index (χ3v) is 3.82. The first-order chi connectivity index (χ1) is 12.2. The van der Waals surface area contributed by atoms with Crippen LogP contribution >= 0.6 is 0 Å². The first-order valence-corrected chi connectivity index (χ1v) is 8.87. The van der Waals surface area contributed by atoms with Gasteiger partial charge in [-0.2, -0.15) is 13.2 Å². The fourth-order valence-electron chi connectivity index (χ4n) is 2.15. The van der Waals surface area contributed by atoms with Crippen molar-refractivity contribution >= 4 is 11.1 Å². The Morgan fingerprint density at radius 3 is 2.35 bits per heavy atom. The van der Waals surface area contributed by atoms with Crippen LogP contribution in [0.5, 0.6) is 11.5 Å². The van der Waals surface area contributed by atoms with E-state index in [1.54, 1.807) is 12.1 Å². The van der Waals surface area contributed by atoms with Gasteiger partial charge in [0.2, 0.25) is 0 Å². The molecule has 0 saturated carbocycles. The van der Waals surface area contributed by atoms with E-state index in [1.807, 2.05) is 0 Å². The number of methoxy groups -OCH3 is 2. The molecular formula is C16H17F3N2O4S. The number of rotatable bonds is 7. The summed E-state index contributed by atoms with van der Waals surface area (Å²) in [4.78, 5) is 7.69. The van der Waals surface area contributed by atoms with Gasteiger partial charge >= 0.3 is 6.18 Å². The lowest BCUT2D eigenvalue weighted by molar-refractivity contribution is -0.141. The molecule has 1 heterocycles. The van der Waals surface area contributed by atoms with Crippen LogP contribution in [0.15, 0.2) is 24.3 Å². The minimum atomic E-state index is -4.63. The first-order valence-electron chi connectivity index (χ1n) is 7.39. The van der Waals surface area contributed by atoms with E-state index >= 15 is 0 Å². The van der Waals surface area contributed by atoms with Crippen molar-refractivity contribution in [1.82, 2.24) is 9.97 Å². The molecule has 0 bridgehead atoms. The molecular weight excluding hydrogens is 373 g/mol. The third kappa shape index (κ3) is 5.15. The first kappa shape index (κ1) is 20.1. The Bertz CT molecular complexity index is 800. The summed E-state index contributed by atoms with van der Waals surface area (Å²) in [6.45, 7) is -0.0597. The van der Waals surface area contributed by atoms with Gasteiger partial charge in [0.25, 0.3) is 0 Å². The molecule has 142 valence electrons.